The molecule has 3 nitrogen and oxygen atoms in total. The molecule has 4 aliphatic carbocycles. The van der Waals surface area contributed by atoms with E-state index in [0.29, 0.717) is 11.1 Å². The van der Waals surface area contributed by atoms with Crippen molar-refractivity contribution in [3.8, 4) is 0 Å². The van der Waals surface area contributed by atoms with Gasteiger partial charge in [0.25, 0.3) is 0 Å². The molecule has 0 unspecified atom stereocenters. The standard InChI is InChI=1S/C18H20O3/c19-11-12-1-3-16(4-2-12)17(20)21-18-8-13-5-14(9-18)7-15(6-13)10-18/h1-4,11,13-15H,5-10H2. The van der Waals surface area contributed by atoms with Gasteiger partial charge in [-0.2, -0.15) is 0 Å². The Kier molecular flexibility index (Phi) is 2.91. The molecule has 3 heteroatoms. The molecule has 4 fully saturated rings. The monoisotopic (exact) mass is 284 g/mol. The SMILES string of the molecule is O=Cc1ccc(C(=O)OC23CC4CC(CC(C4)C2)C3)cc1. The zero-order valence-corrected chi connectivity index (χ0v) is 12.1. The summed E-state index contributed by atoms with van der Waals surface area (Å²) in [5, 5.41) is 0. The number of hydrogen-bond donors (Lipinski definition) is 0. The maximum absolute atomic E-state index is 12.4. The zero-order chi connectivity index (χ0) is 14.4. The summed E-state index contributed by atoms with van der Waals surface area (Å²) in [5.41, 5.74) is 0.938. The first-order valence-corrected chi connectivity index (χ1v) is 7.94. The number of ether oxygens (including phenoxy) is 1. The topological polar surface area (TPSA) is 43.4 Å². The third-order valence-corrected chi connectivity index (χ3v) is 5.57. The number of benzene rings is 1. The molecule has 5 rings (SSSR count). The number of esters is 1. The minimum absolute atomic E-state index is 0.199. The van der Waals surface area contributed by atoms with E-state index >= 15 is 0 Å². The predicted molar refractivity (Wildman–Crippen MR) is 78.1 cm³/mol. The summed E-state index contributed by atoms with van der Waals surface area (Å²) in [7, 11) is 0. The Morgan fingerprint density at radius 3 is 2.00 bits per heavy atom. The van der Waals surface area contributed by atoms with E-state index in [4.69, 9.17) is 4.74 Å². The van der Waals surface area contributed by atoms with Crippen LogP contribution in [0.15, 0.2) is 24.3 Å². The predicted octanol–water partition coefficient (Wildman–Crippen LogP) is 3.62. The third-order valence-electron chi connectivity index (χ3n) is 5.57. The minimum Gasteiger partial charge on any atom is -0.455 e. The van der Waals surface area contributed by atoms with Gasteiger partial charge >= 0.3 is 5.97 Å². The number of aldehydes is 1. The zero-order valence-electron chi connectivity index (χ0n) is 12.1. The van der Waals surface area contributed by atoms with Crippen molar-refractivity contribution in [3.05, 3.63) is 35.4 Å². The lowest BCUT2D eigenvalue weighted by Gasteiger charge is -2.55. The fourth-order valence-corrected chi connectivity index (χ4v) is 5.11. The van der Waals surface area contributed by atoms with Gasteiger partial charge in [0.1, 0.15) is 11.9 Å². The maximum atomic E-state index is 12.4. The van der Waals surface area contributed by atoms with Crippen molar-refractivity contribution < 1.29 is 14.3 Å². The second kappa shape index (κ2) is 4.69. The van der Waals surface area contributed by atoms with Gasteiger partial charge in [0.05, 0.1) is 5.56 Å². The lowest BCUT2D eigenvalue weighted by atomic mass is 9.54. The number of carbonyl (C=O) groups excluding carboxylic acids is 2. The normalized spacial score (nSPS) is 36.5. The molecule has 1 aromatic rings. The molecule has 0 amide bonds. The highest BCUT2D eigenvalue weighted by Gasteiger charge is 2.53. The van der Waals surface area contributed by atoms with E-state index < -0.39 is 0 Å². The van der Waals surface area contributed by atoms with Crippen LogP contribution in [0.25, 0.3) is 0 Å². The molecular formula is C18H20O3. The molecule has 0 heterocycles. The summed E-state index contributed by atoms with van der Waals surface area (Å²) in [6.07, 6.45) is 7.96. The summed E-state index contributed by atoms with van der Waals surface area (Å²) in [4.78, 5) is 23.1. The van der Waals surface area contributed by atoms with Crippen LogP contribution in [-0.2, 0) is 4.74 Å². The summed E-state index contributed by atoms with van der Waals surface area (Å²) in [6.45, 7) is 0. The molecule has 0 N–H and O–H groups in total. The van der Waals surface area contributed by atoms with Crippen molar-refractivity contribution in [2.75, 3.05) is 0 Å². The van der Waals surface area contributed by atoms with Crippen molar-refractivity contribution >= 4 is 12.3 Å². The highest BCUT2D eigenvalue weighted by molar-refractivity contribution is 5.90. The van der Waals surface area contributed by atoms with Gasteiger partial charge < -0.3 is 4.74 Å². The molecule has 0 saturated heterocycles. The average molecular weight is 284 g/mol. The van der Waals surface area contributed by atoms with Gasteiger partial charge in [0.2, 0.25) is 0 Å². The van der Waals surface area contributed by atoms with Gasteiger partial charge in [-0.3, -0.25) is 4.79 Å². The maximum Gasteiger partial charge on any atom is 0.338 e. The molecule has 4 saturated carbocycles. The number of rotatable bonds is 3. The highest BCUT2D eigenvalue weighted by Crippen LogP contribution is 2.57. The molecule has 0 spiro atoms. The van der Waals surface area contributed by atoms with Crippen molar-refractivity contribution in [2.45, 2.75) is 44.1 Å². The van der Waals surface area contributed by atoms with E-state index in [9.17, 15) is 9.59 Å². The lowest BCUT2D eigenvalue weighted by molar-refractivity contribution is -0.131. The van der Waals surface area contributed by atoms with E-state index in [0.717, 1.165) is 43.3 Å². The first kappa shape index (κ1) is 13.1. The van der Waals surface area contributed by atoms with Crippen LogP contribution >= 0.6 is 0 Å². The smallest absolute Gasteiger partial charge is 0.338 e. The molecule has 0 aliphatic heterocycles. The van der Waals surface area contributed by atoms with Crippen molar-refractivity contribution in [1.82, 2.24) is 0 Å². The summed E-state index contributed by atoms with van der Waals surface area (Å²) in [5.74, 6) is 2.07. The number of carbonyl (C=O) groups is 2. The Hall–Kier alpha value is -1.64. The van der Waals surface area contributed by atoms with Gasteiger partial charge in [0.15, 0.2) is 0 Å². The van der Waals surface area contributed by atoms with Crippen molar-refractivity contribution in [2.24, 2.45) is 17.8 Å². The van der Waals surface area contributed by atoms with Crippen LogP contribution in [0.1, 0.15) is 59.2 Å². The first-order valence-electron chi connectivity index (χ1n) is 7.94. The van der Waals surface area contributed by atoms with Gasteiger partial charge in [-0.1, -0.05) is 12.1 Å². The average Bonchev–Trinajstić information content (AvgIpc) is 2.45. The second-order valence-electron chi connectivity index (χ2n) is 7.23. The highest BCUT2D eigenvalue weighted by atomic mass is 16.6. The molecular weight excluding hydrogens is 264 g/mol. The molecule has 21 heavy (non-hydrogen) atoms. The van der Waals surface area contributed by atoms with Crippen molar-refractivity contribution in [1.29, 1.82) is 0 Å². The third kappa shape index (κ3) is 2.29. The van der Waals surface area contributed by atoms with Crippen LogP contribution in [-0.4, -0.2) is 17.9 Å². The molecule has 4 aliphatic rings. The largest absolute Gasteiger partial charge is 0.455 e. The fraction of sp³-hybridized carbons (Fsp3) is 0.556. The van der Waals surface area contributed by atoms with Gasteiger partial charge in [0, 0.05) is 5.56 Å². The number of hydrogen-bond acceptors (Lipinski definition) is 3. The van der Waals surface area contributed by atoms with Crippen molar-refractivity contribution in [3.63, 3.8) is 0 Å². The van der Waals surface area contributed by atoms with Crippen LogP contribution in [0.4, 0.5) is 0 Å². The van der Waals surface area contributed by atoms with Gasteiger partial charge in [-0.15, -0.1) is 0 Å². The van der Waals surface area contributed by atoms with Gasteiger partial charge in [-0.25, -0.2) is 4.79 Å². The Morgan fingerprint density at radius 2 is 1.52 bits per heavy atom. The minimum atomic E-state index is -0.227. The lowest BCUT2D eigenvalue weighted by Crippen LogP contribution is -2.52. The van der Waals surface area contributed by atoms with Crippen LogP contribution in [0.2, 0.25) is 0 Å². The van der Waals surface area contributed by atoms with E-state index in [-0.39, 0.29) is 11.6 Å². The first-order chi connectivity index (χ1) is 10.2. The quantitative estimate of drug-likeness (QED) is 0.629. The Balaban J connectivity index is 1.52. The van der Waals surface area contributed by atoms with Crippen LogP contribution in [0.3, 0.4) is 0 Å². The molecule has 0 atom stereocenters. The van der Waals surface area contributed by atoms with E-state index in [2.05, 4.69) is 0 Å². The summed E-state index contributed by atoms with van der Waals surface area (Å²) >= 11 is 0. The molecule has 1 aromatic carbocycles. The van der Waals surface area contributed by atoms with Crippen LogP contribution in [0.5, 0.6) is 0 Å². The Labute approximate surface area is 124 Å². The van der Waals surface area contributed by atoms with Crippen LogP contribution in [0, 0.1) is 17.8 Å². The Bertz CT molecular complexity index is 537. The summed E-state index contributed by atoms with van der Waals surface area (Å²) < 4.78 is 5.98. The molecule has 110 valence electrons. The van der Waals surface area contributed by atoms with Gasteiger partial charge in [-0.05, 0) is 68.4 Å². The second-order valence-corrected chi connectivity index (χ2v) is 7.23. The molecule has 0 aromatic heterocycles. The fourth-order valence-electron chi connectivity index (χ4n) is 5.11. The molecule has 4 bridgehead atoms. The van der Waals surface area contributed by atoms with E-state index in [1.165, 1.54) is 19.3 Å². The Morgan fingerprint density at radius 1 is 1.00 bits per heavy atom. The van der Waals surface area contributed by atoms with E-state index in [1.807, 2.05) is 0 Å². The van der Waals surface area contributed by atoms with E-state index in [1.54, 1.807) is 24.3 Å². The summed E-state index contributed by atoms with van der Waals surface area (Å²) in [6, 6.07) is 6.71. The molecule has 0 radical (unpaired) electrons. The van der Waals surface area contributed by atoms with Crippen LogP contribution < -0.4 is 0 Å².